The first-order chi connectivity index (χ1) is 11.8. The first-order valence-electron chi connectivity index (χ1n) is 7.42. The summed E-state index contributed by atoms with van der Waals surface area (Å²) in [6, 6.07) is 7.47. The van der Waals surface area contributed by atoms with Gasteiger partial charge in [0.25, 0.3) is 0 Å². The van der Waals surface area contributed by atoms with Crippen LogP contribution >= 0.6 is 0 Å². The van der Waals surface area contributed by atoms with E-state index >= 15 is 0 Å². The van der Waals surface area contributed by atoms with Crippen LogP contribution in [0, 0.1) is 0 Å². The van der Waals surface area contributed by atoms with Gasteiger partial charge in [0.05, 0.1) is 12.2 Å². The van der Waals surface area contributed by atoms with Crippen LogP contribution in [-0.2, 0) is 6.54 Å². The largest absolute Gasteiger partial charge is 0.489 e. The van der Waals surface area contributed by atoms with Crippen molar-refractivity contribution in [1.29, 1.82) is 0 Å². The fourth-order valence-corrected chi connectivity index (χ4v) is 2.37. The molecule has 4 aromatic heterocycles. The van der Waals surface area contributed by atoms with E-state index in [0.29, 0.717) is 12.3 Å². The highest BCUT2D eigenvalue weighted by Gasteiger charge is 2.09. The van der Waals surface area contributed by atoms with Gasteiger partial charge in [-0.05, 0) is 35.5 Å². The van der Waals surface area contributed by atoms with Crippen molar-refractivity contribution < 1.29 is 4.74 Å². The minimum absolute atomic E-state index is 0.0900. The molecule has 9 heteroatoms. The first-order valence-corrected chi connectivity index (χ1v) is 7.42. The van der Waals surface area contributed by atoms with E-state index in [2.05, 4.69) is 30.6 Å². The Morgan fingerprint density at radius 2 is 2.08 bits per heavy atom. The van der Waals surface area contributed by atoms with Gasteiger partial charge in [-0.15, -0.1) is 5.10 Å². The molecule has 0 fully saturated rings. The van der Waals surface area contributed by atoms with Gasteiger partial charge in [-0.25, -0.2) is 14.2 Å². The van der Waals surface area contributed by atoms with Crippen molar-refractivity contribution in [3.8, 4) is 17.1 Å². The molecule has 24 heavy (non-hydrogen) atoms. The SMILES string of the molecule is CC(Cn1cnnn1)Oc1ccnc(-c2ccc3nccn3n2)c1. The third-order valence-corrected chi connectivity index (χ3v) is 3.42. The molecule has 4 heterocycles. The minimum atomic E-state index is -0.0900. The van der Waals surface area contributed by atoms with Gasteiger partial charge >= 0.3 is 0 Å². The molecule has 0 spiro atoms. The maximum Gasteiger partial charge on any atom is 0.153 e. The zero-order valence-electron chi connectivity index (χ0n) is 12.9. The van der Waals surface area contributed by atoms with Crippen LogP contribution in [0.4, 0.5) is 0 Å². The predicted molar refractivity (Wildman–Crippen MR) is 84.1 cm³/mol. The highest BCUT2D eigenvalue weighted by atomic mass is 16.5. The lowest BCUT2D eigenvalue weighted by atomic mass is 10.2. The Morgan fingerprint density at radius 3 is 2.96 bits per heavy atom. The average molecular weight is 322 g/mol. The number of ether oxygens (including phenoxy) is 1. The molecule has 0 radical (unpaired) electrons. The fourth-order valence-electron chi connectivity index (χ4n) is 2.37. The molecule has 4 rings (SSSR count). The molecule has 0 saturated carbocycles. The number of tetrazole rings is 1. The van der Waals surface area contributed by atoms with Crippen molar-refractivity contribution >= 4 is 5.65 Å². The van der Waals surface area contributed by atoms with Crippen molar-refractivity contribution in [2.45, 2.75) is 19.6 Å². The zero-order chi connectivity index (χ0) is 16.4. The number of nitrogens with zero attached hydrogens (tertiary/aromatic N) is 8. The smallest absolute Gasteiger partial charge is 0.153 e. The third-order valence-electron chi connectivity index (χ3n) is 3.42. The van der Waals surface area contributed by atoms with E-state index in [4.69, 9.17) is 4.74 Å². The molecule has 9 nitrogen and oxygen atoms in total. The molecule has 0 amide bonds. The Hall–Kier alpha value is -3.36. The molecule has 0 bridgehead atoms. The van der Waals surface area contributed by atoms with E-state index in [1.165, 1.54) is 0 Å². The standard InChI is InChI=1S/C15H14N8O/c1-11(9-22-10-18-20-21-22)24-12-4-5-16-14(8-12)13-2-3-15-17-6-7-23(15)19-13/h2-8,10-11H,9H2,1H3. The van der Waals surface area contributed by atoms with Crippen LogP contribution in [0.25, 0.3) is 17.0 Å². The van der Waals surface area contributed by atoms with Crippen LogP contribution in [0.15, 0.2) is 49.2 Å². The molecule has 0 N–H and O–H groups in total. The Bertz CT molecular complexity index is 949. The topological polar surface area (TPSA) is 95.9 Å². The molecule has 120 valence electrons. The van der Waals surface area contributed by atoms with Gasteiger partial charge in [-0.3, -0.25) is 4.98 Å². The summed E-state index contributed by atoms with van der Waals surface area (Å²) in [5.41, 5.74) is 2.28. The molecule has 0 aliphatic carbocycles. The summed E-state index contributed by atoms with van der Waals surface area (Å²) in [6.07, 6.45) is 6.68. The van der Waals surface area contributed by atoms with Crippen molar-refractivity contribution in [2.24, 2.45) is 0 Å². The molecule has 0 aromatic carbocycles. The lowest BCUT2D eigenvalue weighted by Gasteiger charge is -2.14. The summed E-state index contributed by atoms with van der Waals surface area (Å²) in [4.78, 5) is 8.55. The van der Waals surface area contributed by atoms with Crippen LogP contribution in [0.1, 0.15) is 6.92 Å². The Balaban J connectivity index is 1.54. The summed E-state index contributed by atoms with van der Waals surface area (Å²) in [5.74, 6) is 0.716. The average Bonchev–Trinajstić information content (AvgIpc) is 3.25. The summed E-state index contributed by atoms with van der Waals surface area (Å²) >= 11 is 0. The van der Waals surface area contributed by atoms with E-state index in [-0.39, 0.29) is 6.10 Å². The maximum absolute atomic E-state index is 5.92. The van der Waals surface area contributed by atoms with Crippen LogP contribution in [-0.4, -0.2) is 45.9 Å². The minimum Gasteiger partial charge on any atom is -0.489 e. The quantitative estimate of drug-likeness (QED) is 0.545. The van der Waals surface area contributed by atoms with Gasteiger partial charge in [0.1, 0.15) is 23.9 Å². The molecular formula is C15H14N8O. The molecule has 0 saturated heterocycles. The van der Waals surface area contributed by atoms with Crippen LogP contribution in [0.3, 0.4) is 0 Å². The zero-order valence-corrected chi connectivity index (χ0v) is 12.9. The number of pyridine rings is 1. The van der Waals surface area contributed by atoms with Crippen molar-refractivity contribution in [2.75, 3.05) is 0 Å². The number of imidazole rings is 1. The summed E-state index contributed by atoms with van der Waals surface area (Å²) in [7, 11) is 0. The fraction of sp³-hybridized carbons (Fsp3) is 0.200. The lowest BCUT2D eigenvalue weighted by Crippen LogP contribution is -2.20. The Kier molecular flexibility index (Phi) is 3.58. The van der Waals surface area contributed by atoms with Crippen molar-refractivity contribution in [1.82, 2.24) is 39.8 Å². The van der Waals surface area contributed by atoms with Gasteiger partial charge in [0.15, 0.2) is 5.65 Å². The van der Waals surface area contributed by atoms with Crippen LogP contribution in [0.2, 0.25) is 0 Å². The first kappa shape index (κ1) is 14.2. The monoisotopic (exact) mass is 322 g/mol. The number of aromatic nitrogens is 8. The van der Waals surface area contributed by atoms with Crippen molar-refractivity contribution in [3.05, 3.63) is 49.2 Å². The summed E-state index contributed by atoms with van der Waals surface area (Å²) in [6.45, 7) is 2.52. The van der Waals surface area contributed by atoms with E-state index in [1.54, 1.807) is 34.1 Å². The van der Waals surface area contributed by atoms with Crippen molar-refractivity contribution in [3.63, 3.8) is 0 Å². The Morgan fingerprint density at radius 1 is 1.12 bits per heavy atom. The second-order valence-electron chi connectivity index (χ2n) is 5.29. The highest BCUT2D eigenvalue weighted by molar-refractivity contribution is 5.57. The maximum atomic E-state index is 5.92. The molecule has 0 aliphatic heterocycles. The number of hydrogen-bond donors (Lipinski definition) is 0. The molecular weight excluding hydrogens is 308 g/mol. The lowest BCUT2D eigenvalue weighted by molar-refractivity contribution is 0.193. The van der Waals surface area contributed by atoms with Gasteiger partial charge in [0.2, 0.25) is 0 Å². The van der Waals surface area contributed by atoms with Crippen LogP contribution in [0.5, 0.6) is 5.75 Å². The van der Waals surface area contributed by atoms with E-state index in [9.17, 15) is 0 Å². The van der Waals surface area contributed by atoms with Gasteiger partial charge in [0, 0.05) is 24.7 Å². The summed E-state index contributed by atoms with van der Waals surface area (Å²) < 4.78 is 9.26. The number of fused-ring (bicyclic) bond motifs is 1. The van der Waals surface area contributed by atoms with Gasteiger partial charge < -0.3 is 4.74 Å². The third kappa shape index (κ3) is 2.91. The van der Waals surface area contributed by atoms with E-state index in [1.807, 2.05) is 31.2 Å². The molecule has 4 aromatic rings. The number of rotatable bonds is 5. The molecule has 0 aliphatic rings. The summed E-state index contributed by atoms with van der Waals surface area (Å²) in [5, 5.41) is 15.5. The number of hydrogen-bond acceptors (Lipinski definition) is 7. The van der Waals surface area contributed by atoms with E-state index in [0.717, 1.165) is 17.0 Å². The van der Waals surface area contributed by atoms with Crippen LogP contribution < -0.4 is 4.74 Å². The normalized spacial score (nSPS) is 12.4. The second-order valence-corrected chi connectivity index (χ2v) is 5.29. The molecule has 1 atom stereocenters. The predicted octanol–water partition coefficient (Wildman–Crippen LogP) is 1.25. The van der Waals surface area contributed by atoms with Gasteiger partial charge in [-0.1, -0.05) is 0 Å². The Labute approximate surface area is 136 Å². The highest BCUT2D eigenvalue weighted by Crippen LogP contribution is 2.21. The second kappa shape index (κ2) is 6.03. The van der Waals surface area contributed by atoms with Gasteiger partial charge in [-0.2, -0.15) is 5.10 Å². The van der Waals surface area contributed by atoms with E-state index < -0.39 is 0 Å². The molecule has 1 unspecified atom stereocenters.